The lowest BCUT2D eigenvalue weighted by Crippen LogP contribution is -2.35. The molecule has 0 radical (unpaired) electrons. The topological polar surface area (TPSA) is 38.3 Å². The van der Waals surface area contributed by atoms with Gasteiger partial charge in [-0.1, -0.05) is 11.6 Å². The van der Waals surface area contributed by atoms with E-state index >= 15 is 0 Å². The molecule has 3 nitrogen and oxygen atoms in total. The molecule has 1 aromatic rings. The van der Waals surface area contributed by atoms with Crippen LogP contribution in [-0.4, -0.2) is 18.6 Å². The summed E-state index contributed by atoms with van der Waals surface area (Å²) in [7, 11) is 0. The van der Waals surface area contributed by atoms with Crippen molar-refractivity contribution in [3.63, 3.8) is 0 Å². The highest BCUT2D eigenvalue weighted by Gasteiger charge is 2.06. The molecule has 1 aromatic carbocycles. The van der Waals surface area contributed by atoms with E-state index in [1.165, 1.54) is 0 Å². The Morgan fingerprint density at radius 3 is 2.76 bits per heavy atom. The number of carbonyl (C=O) groups is 1. The third kappa shape index (κ3) is 5.28. The number of rotatable bonds is 5. The lowest BCUT2D eigenvalue weighted by atomic mass is 10.2. The summed E-state index contributed by atoms with van der Waals surface area (Å²) in [6.07, 6.45) is 5.65. The van der Waals surface area contributed by atoms with Gasteiger partial charge in [0.25, 0.3) is 5.91 Å². The number of terminal acetylenes is 1. The maximum atomic E-state index is 11.4. The van der Waals surface area contributed by atoms with Crippen molar-refractivity contribution in [2.75, 3.05) is 6.61 Å². The fraction of sp³-hybridized carbons (Fsp3) is 0.308. The Hall–Kier alpha value is -1.66. The van der Waals surface area contributed by atoms with Crippen LogP contribution in [0.3, 0.4) is 0 Å². The van der Waals surface area contributed by atoms with E-state index in [2.05, 4.69) is 11.2 Å². The quantitative estimate of drug-likeness (QED) is 0.816. The zero-order valence-corrected chi connectivity index (χ0v) is 10.3. The van der Waals surface area contributed by atoms with Crippen LogP contribution in [0.25, 0.3) is 0 Å². The van der Waals surface area contributed by atoms with Gasteiger partial charge in [0.1, 0.15) is 5.75 Å². The largest absolute Gasteiger partial charge is 0.484 e. The molecular formula is C13H14ClNO2. The second-order valence-corrected chi connectivity index (χ2v) is 4.06. The van der Waals surface area contributed by atoms with Crippen LogP contribution < -0.4 is 10.1 Å². The first-order valence-corrected chi connectivity index (χ1v) is 5.61. The molecule has 0 bridgehead atoms. The Balaban J connectivity index is 2.33. The lowest BCUT2D eigenvalue weighted by molar-refractivity contribution is -0.123. The lowest BCUT2D eigenvalue weighted by Gasteiger charge is -2.11. The standard InChI is InChI=1S/C13H14ClNO2/c1-3-4-10(2)15-13(16)9-17-12-7-5-11(14)6-8-12/h1,5-8,10H,4,9H2,2H3,(H,15,16). The summed E-state index contributed by atoms with van der Waals surface area (Å²) in [5.74, 6) is 2.90. The van der Waals surface area contributed by atoms with Crippen LogP contribution in [0, 0.1) is 12.3 Å². The third-order valence-electron chi connectivity index (χ3n) is 2.01. The first-order chi connectivity index (χ1) is 8.11. The number of carbonyl (C=O) groups excluding carboxylic acids is 1. The van der Waals surface area contributed by atoms with E-state index in [9.17, 15) is 4.79 Å². The average molecular weight is 252 g/mol. The van der Waals surface area contributed by atoms with Gasteiger partial charge in [0.05, 0.1) is 0 Å². The fourth-order valence-corrected chi connectivity index (χ4v) is 1.35. The van der Waals surface area contributed by atoms with Gasteiger partial charge < -0.3 is 10.1 Å². The minimum absolute atomic E-state index is 0.0312. The highest BCUT2D eigenvalue weighted by atomic mass is 35.5. The molecule has 90 valence electrons. The molecule has 0 heterocycles. The molecule has 0 aliphatic rings. The molecule has 0 aliphatic carbocycles. The molecule has 0 saturated heterocycles. The predicted octanol–water partition coefficient (Wildman–Crippen LogP) is 2.25. The monoisotopic (exact) mass is 251 g/mol. The van der Waals surface area contributed by atoms with Crippen LogP contribution in [0.5, 0.6) is 5.75 Å². The van der Waals surface area contributed by atoms with Crippen LogP contribution in [0.1, 0.15) is 13.3 Å². The Bertz CT molecular complexity index is 408. The highest BCUT2D eigenvalue weighted by molar-refractivity contribution is 6.30. The van der Waals surface area contributed by atoms with E-state index in [0.717, 1.165) is 0 Å². The van der Waals surface area contributed by atoms with Gasteiger partial charge in [-0.3, -0.25) is 4.79 Å². The fourth-order valence-electron chi connectivity index (χ4n) is 1.22. The third-order valence-corrected chi connectivity index (χ3v) is 2.27. The van der Waals surface area contributed by atoms with Gasteiger partial charge in [-0.25, -0.2) is 0 Å². The van der Waals surface area contributed by atoms with Crippen molar-refractivity contribution >= 4 is 17.5 Å². The average Bonchev–Trinajstić information content (AvgIpc) is 2.28. The van der Waals surface area contributed by atoms with Gasteiger partial charge in [0.15, 0.2) is 6.61 Å². The van der Waals surface area contributed by atoms with Crippen molar-refractivity contribution in [3.05, 3.63) is 29.3 Å². The van der Waals surface area contributed by atoms with Gasteiger partial charge in [0, 0.05) is 17.5 Å². The minimum Gasteiger partial charge on any atom is -0.484 e. The zero-order chi connectivity index (χ0) is 12.7. The van der Waals surface area contributed by atoms with E-state index in [0.29, 0.717) is 17.2 Å². The number of hydrogen-bond acceptors (Lipinski definition) is 2. The number of amides is 1. The van der Waals surface area contributed by atoms with Crippen LogP contribution in [-0.2, 0) is 4.79 Å². The molecule has 1 amide bonds. The molecule has 1 rings (SSSR count). The maximum absolute atomic E-state index is 11.4. The van der Waals surface area contributed by atoms with Crippen LogP contribution >= 0.6 is 11.6 Å². The molecule has 17 heavy (non-hydrogen) atoms. The van der Waals surface area contributed by atoms with E-state index < -0.39 is 0 Å². The van der Waals surface area contributed by atoms with Crippen molar-refractivity contribution in [1.29, 1.82) is 0 Å². The minimum atomic E-state index is -0.192. The second kappa shape index (κ2) is 6.82. The predicted molar refractivity (Wildman–Crippen MR) is 68.0 cm³/mol. The summed E-state index contributed by atoms with van der Waals surface area (Å²) in [6, 6.07) is 6.79. The number of nitrogens with one attached hydrogen (secondary N) is 1. The van der Waals surface area contributed by atoms with Crippen LogP contribution in [0.4, 0.5) is 0 Å². The zero-order valence-electron chi connectivity index (χ0n) is 9.57. The number of halogens is 1. The summed E-state index contributed by atoms with van der Waals surface area (Å²) >= 11 is 5.72. The summed E-state index contributed by atoms with van der Waals surface area (Å²) in [4.78, 5) is 11.4. The van der Waals surface area contributed by atoms with E-state index in [4.69, 9.17) is 22.8 Å². The smallest absolute Gasteiger partial charge is 0.258 e. The van der Waals surface area contributed by atoms with Gasteiger partial charge in [-0.05, 0) is 31.2 Å². The Labute approximate surface area is 106 Å². The molecule has 1 N–H and O–H groups in total. The number of benzene rings is 1. The van der Waals surface area contributed by atoms with Crippen molar-refractivity contribution in [3.8, 4) is 18.1 Å². The molecule has 1 unspecified atom stereocenters. The first-order valence-electron chi connectivity index (χ1n) is 5.23. The Kier molecular flexibility index (Phi) is 5.38. The summed E-state index contributed by atoms with van der Waals surface area (Å²) in [5.41, 5.74) is 0. The molecule has 0 aromatic heterocycles. The molecular weight excluding hydrogens is 238 g/mol. The Morgan fingerprint density at radius 1 is 1.53 bits per heavy atom. The number of ether oxygens (including phenoxy) is 1. The summed E-state index contributed by atoms with van der Waals surface area (Å²) in [5, 5.41) is 3.36. The molecule has 1 atom stereocenters. The Morgan fingerprint density at radius 2 is 2.18 bits per heavy atom. The second-order valence-electron chi connectivity index (χ2n) is 3.62. The van der Waals surface area contributed by atoms with E-state index in [1.54, 1.807) is 24.3 Å². The molecule has 0 fully saturated rings. The molecule has 0 saturated carbocycles. The highest BCUT2D eigenvalue weighted by Crippen LogP contribution is 2.15. The normalized spacial score (nSPS) is 11.4. The summed E-state index contributed by atoms with van der Waals surface area (Å²) < 4.78 is 5.28. The van der Waals surface area contributed by atoms with E-state index in [-0.39, 0.29) is 18.6 Å². The summed E-state index contributed by atoms with van der Waals surface area (Å²) in [6.45, 7) is 1.82. The number of hydrogen-bond donors (Lipinski definition) is 1. The molecule has 0 spiro atoms. The van der Waals surface area contributed by atoms with Crippen molar-refractivity contribution < 1.29 is 9.53 Å². The van der Waals surface area contributed by atoms with Gasteiger partial charge in [-0.15, -0.1) is 12.3 Å². The van der Waals surface area contributed by atoms with E-state index in [1.807, 2.05) is 6.92 Å². The SMILES string of the molecule is C#CCC(C)NC(=O)COc1ccc(Cl)cc1. The molecule has 4 heteroatoms. The van der Waals surface area contributed by atoms with Crippen LogP contribution in [0.15, 0.2) is 24.3 Å². The van der Waals surface area contributed by atoms with Gasteiger partial charge >= 0.3 is 0 Å². The van der Waals surface area contributed by atoms with Crippen molar-refractivity contribution in [1.82, 2.24) is 5.32 Å². The van der Waals surface area contributed by atoms with Gasteiger partial charge in [-0.2, -0.15) is 0 Å². The van der Waals surface area contributed by atoms with Gasteiger partial charge in [0.2, 0.25) is 0 Å². The van der Waals surface area contributed by atoms with Crippen molar-refractivity contribution in [2.45, 2.75) is 19.4 Å². The van der Waals surface area contributed by atoms with Crippen molar-refractivity contribution in [2.24, 2.45) is 0 Å². The maximum Gasteiger partial charge on any atom is 0.258 e. The molecule has 0 aliphatic heterocycles. The first kappa shape index (κ1) is 13.4. The van der Waals surface area contributed by atoms with Crippen LogP contribution in [0.2, 0.25) is 5.02 Å².